The second kappa shape index (κ2) is 11.3. The number of hydrogen-bond donors (Lipinski definition) is 1. The summed E-state index contributed by atoms with van der Waals surface area (Å²) in [5, 5.41) is 4.07. The van der Waals surface area contributed by atoms with Crippen LogP contribution in [0.3, 0.4) is 0 Å². The van der Waals surface area contributed by atoms with Crippen molar-refractivity contribution in [3.8, 4) is 17.2 Å². The highest BCUT2D eigenvalue weighted by molar-refractivity contribution is 9.10. The Kier molecular flexibility index (Phi) is 8.43. The summed E-state index contributed by atoms with van der Waals surface area (Å²) in [4.78, 5) is 0. The minimum atomic E-state index is 0.592. The normalized spacial score (nSPS) is 10.7. The van der Waals surface area contributed by atoms with Crippen LogP contribution in [-0.2, 0) is 19.5 Å². The zero-order valence-electron chi connectivity index (χ0n) is 17.1. The van der Waals surface area contributed by atoms with Crippen LogP contribution < -0.4 is 19.5 Å². The molecule has 0 unspecified atom stereocenters. The van der Waals surface area contributed by atoms with E-state index >= 15 is 0 Å². The largest absolute Gasteiger partial charge is 0.493 e. The lowest BCUT2D eigenvalue weighted by Crippen LogP contribution is -2.14. The predicted octanol–water partition coefficient (Wildman–Crippen LogP) is 6.03. The average Bonchev–Trinajstić information content (AvgIpc) is 2.76. The maximum Gasteiger partial charge on any atom is 0.162 e. The third-order valence-electron chi connectivity index (χ3n) is 4.70. The molecule has 0 aliphatic heterocycles. The van der Waals surface area contributed by atoms with Crippen molar-refractivity contribution in [1.82, 2.24) is 5.32 Å². The second-order valence-corrected chi connectivity index (χ2v) is 8.06. The topological polar surface area (TPSA) is 39.7 Å². The van der Waals surface area contributed by atoms with Gasteiger partial charge >= 0.3 is 0 Å². The van der Waals surface area contributed by atoms with Crippen molar-refractivity contribution in [3.05, 3.63) is 86.8 Å². The molecule has 0 aliphatic carbocycles. The smallest absolute Gasteiger partial charge is 0.162 e. The molecule has 1 N–H and O–H groups in total. The van der Waals surface area contributed by atoms with Crippen LogP contribution in [0.1, 0.15) is 16.7 Å². The number of ether oxygens (including phenoxy) is 3. The van der Waals surface area contributed by atoms with Gasteiger partial charge in [-0.1, -0.05) is 57.9 Å². The van der Waals surface area contributed by atoms with E-state index < -0.39 is 0 Å². The molecule has 158 valence electrons. The third kappa shape index (κ3) is 6.14. The van der Waals surface area contributed by atoms with E-state index in [1.165, 1.54) is 5.56 Å². The van der Waals surface area contributed by atoms with Crippen molar-refractivity contribution in [2.75, 3.05) is 20.8 Å². The average molecular weight is 491 g/mol. The SMILES string of the molecule is COc1cc(Cl)c(CNCc2cc(Br)ccc2OCCc2ccccc2)cc1OC. The molecule has 4 nitrogen and oxygen atoms in total. The zero-order valence-corrected chi connectivity index (χ0v) is 19.4. The van der Waals surface area contributed by atoms with E-state index in [1.54, 1.807) is 20.3 Å². The van der Waals surface area contributed by atoms with Gasteiger partial charge in [-0.25, -0.2) is 0 Å². The van der Waals surface area contributed by atoms with Gasteiger partial charge in [0.15, 0.2) is 11.5 Å². The molecule has 3 aromatic rings. The van der Waals surface area contributed by atoms with Crippen LogP contribution in [0.15, 0.2) is 65.1 Å². The monoisotopic (exact) mass is 489 g/mol. The molecule has 0 fully saturated rings. The fourth-order valence-corrected chi connectivity index (χ4v) is 3.74. The Hall–Kier alpha value is -2.21. The number of halogens is 2. The van der Waals surface area contributed by atoms with Crippen molar-refractivity contribution < 1.29 is 14.2 Å². The fraction of sp³-hybridized carbons (Fsp3) is 0.250. The minimum Gasteiger partial charge on any atom is -0.493 e. The number of nitrogens with one attached hydrogen (secondary N) is 1. The van der Waals surface area contributed by atoms with Crippen LogP contribution >= 0.6 is 27.5 Å². The lowest BCUT2D eigenvalue weighted by atomic mass is 10.1. The first kappa shape index (κ1) is 22.5. The molecule has 3 aromatic carbocycles. The number of benzene rings is 3. The van der Waals surface area contributed by atoms with E-state index in [0.29, 0.717) is 36.2 Å². The van der Waals surface area contributed by atoms with Crippen LogP contribution in [-0.4, -0.2) is 20.8 Å². The Bertz CT molecular complexity index is 966. The molecule has 0 saturated heterocycles. The van der Waals surface area contributed by atoms with Crippen molar-refractivity contribution in [2.45, 2.75) is 19.5 Å². The van der Waals surface area contributed by atoms with Gasteiger partial charge in [-0.15, -0.1) is 0 Å². The third-order valence-corrected chi connectivity index (χ3v) is 5.54. The van der Waals surface area contributed by atoms with E-state index in [0.717, 1.165) is 27.8 Å². The number of methoxy groups -OCH3 is 2. The highest BCUT2D eigenvalue weighted by Gasteiger charge is 2.11. The molecule has 0 aliphatic rings. The van der Waals surface area contributed by atoms with Gasteiger partial charge in [-0.3, -0.25) is 0 Å². The fourth-order valence-electron chi connectivity index (χ4n) is 3.11. The molecule has 0 amide bonds. The first-order valence-corrected chi connectivity index (χ1v) is 10.8. The summed E-state index contributed by atoms with van der Waals surface area (Å²) in [5.41, 5.74) is 3.28. The standard InChI is InChI=1S/C24H25BrClNO3/c1-28-23-13-18(21(26)14-24(23)29-2)15-27-16-19-12-20(25)8-9-22(19)30-11-10-17-6-4-3-5-7-17/h3-9,12-14,27H,10-11,15-16H2,1-2H3. The lowest BCUT2D eigenvalue weighted by molar-refractivity contribution is 0.317. The molecule has 30 heavy (non-hydrogen) atoms. The molecular formula is C24H25BrClNO3. The van der Waals surface area contributed by atoms with Crippen LogP contribution in [0.2, 0.25) is 5.02 Å². The molecule has 0 saturated carbocycles. The Morgan fingerprint density at radius 3 is 2.27 bits per heavy atom. The van der Waals surface area contributed by atoms with Crippen LogP contribution in [0.25, 0.3) is 0 Å². The first-order chi connectivity index (χ1) is 14.6. The summed E-state index contributed by atoms with van der Waals surface area (Å²) in [6, 6.07) is 20.1. The summed E-state index contributed by atoms with van der Waals surface area (Å²) in [5.74, 6) is 2.15. The van der Waals surface area contributed by atoms with Crippen molar-refractivity contribution >= 4 is 27.5 Å². The Labute approximate surface area is 191 Å². The summed E-state index contributed by atoms with van der Waals surface area (Å²) in [6.07, 6.45) is 0.866. The van der Waals surface area contributed by atoms with Crippen LogP contribution in [0.4, 0.5) is 0 Å². The Balaban J connectivity index is 1.62. The van der Waals surface area contributed by atoms with Gasteiger partial charge in [-0.2, -0.15) is 0 Å². The van der Waals surface area contributed by atoms with Crippen molar-refractivity contribution in [2.24, 2.45) is 0 Å². The Morgan fingerprint density at radius 1 is 0.833 bits per heavy atom. The van der Waals surface area contributed by atoms with Crippen LogP contribution in [0, 0.1) is 0 Å². The summed E-state index contributed by atoms with van der Waals surface area (Å²) < 4.78 is 17.7. The first-order valence-electron chi connectivity index (χ1n) is 9.67. The van der Waals surface area contributed by atoms with Gasteiger partial charge in [0.25, 0.3) is 0 Å². The van der Waals surface area contributed by atoms with Gasteiger partial charge in [-0.05, 0) is 35.4 Å². The van der Waals surface area contributed by atoms with E-state index in [4.69, 9.17) is 25.8 Å². The Morgan fingerprint density at radius 2 is 1.53 bits per heavy atom. The number of hydrogen-bond acceptors (Lipinski definition) is 4. The molecular weight excluding hydrogens is 466 g/mol. The maximum atomic E-state index is 6.39. The molecule has 0 heterocycles. The van der Waals surface area contributed by atoms with Gasteiger partial charge in [0.05, 0.1) is 20.8 Å². The van der Waals surface area contributed by atoms with E-state index in [9.17, 15) is 0 Å². The molecule has 0 aromatic heterocycles. The van der Waals surface area contributed by atoms with Gasteiger partial charge in [0, 0.05) is 40.6 Å². The zero-order chi connectivity index (χ0) is 21.3. The van der Waals surface area contributed by atoms with Gasteiger partial charge < -0.3 is 19.5 Å². The van der Waals surface area contributed by atoms with Gasteiger partial charge in [0.1, 0.15) is 5.75 Å². The quantitative estimate of drug-likeness (QED) is 0.377. The van der Waals surface area contributed by atoms with Crippen molar-refractivity contribution in [3.63, 3.8) is 0 Å². The van der Waals surface area contributed by atoms with Gasteiger partial charge in [0.2, 0.25) is 0 Å². The lowest BCUT2D eigenvalue weighted by Gasteiger charge is -2.15. The maximum absolute atomic E-state index is 6.39. The van der Waals surface area contributed by atoms with E-state index in [2.05, 4.69) is 39.4 Å². The highest BCUT2D eigenvalue weighted by Crippen LogP contribution is 2.33. The molecule has 0 radical (unpaired) electrons. The van der Waals surface area contributed by atoms with Crippen molar-refractivity contribution in [1.29, 1.82) is 0 Å². The van der Waals surface area contributed by atoms with E-state index in [1.807, 2.05) is 36.4 Å². The van der Waals surface area contributed by atoms with E-state index in [-0.39, 0.29) is 0 Å². The highest BCUT2D eigenvalue weighted by atomic mass is 79.9. The molecule has 6 heteroatoms. The summed E-state index contributed by atoms with van der Waals surface area (Å²) >= 11 is 9.94. The van der Waals surface area contributed by atoms with Crippen LogP contribution in [0.5, 0.6) is 17.2 Å². The summed E-state index contributed by atoms with van der Waals surface area (Å²) in [7, 11) is 3.21. The molecule has 0 bridgehead atoms. The molecule has 3 rings (SSSR count). The second-order valence-electron chi connectivity index (χ2n) is 6.74. The minimum absolute atomic E-state index is 0.592. The molecule has 0 spiro atoms. The molecule has 0 atom stereocenters. The number of rotatable bonds is 10. The summed E-state index contributed by atoms with van der Waals surface area (Å²) in [6.45, 7) is 1.86. The predicted molar refractivity (Wildman–Crippen MR) is 125 cm³/mol.